The number of aromatic nitrogens is 8. The van der Waals surface area contributed by atoms with E-state index in [9.17, 15) is 25.6 Å². The summed E-state index contributed by atoms with van der Waals surface area (Å²) in [6.07, 6.45) is 7.41. The minimum atomic E-state index is -3.23. The lowest BCUT2D eigenvalue weighted by Gasteiger charge is -2.38. The van der Waals surface area contributed by atoms with Crippen LogP contribution in [0.4, 0.5) is 8.78 Å². The Morgan fingerprint density at radius 3 is 2.24 bits per heavy atom. The number of fused-ring (bicyclic) bond motifs is 5. The fourth-order valence-electron chi connectivity index (χ4n) is 7.52. The molecule has 1 aromatic carbocycles. The topological polar surface area (TPSA) is 155 Å². The van der Waals surface area contributed by atoms with Crippen molar-refractivity contribution in [2.24, 2.45) is 5.41 Å². The van der Waals surface area contributed by atoms with Gasteiger partial charge in [-0.1, -0.05) is 19.9 Å². The van der Waals surface area contributed by atoms with Crippen LogP contribution in [0.5, 0.6) is 0 Å². The van der Waals surface area contributed by atoms with Crippen LogP contribution in [0.15, 0.2) is 55.0 Å². The Labute approximate surface area is 282 Å². The molecule has 0 amide bonds. The summed E-state index contributed by atoms with van der Waals surface area (Å²) < 4.78 is 79.8. The van der Waals surface area contributed by atoms with Gasteiger partial charge < -0.3 is 0 Å². The molecule has 4 aromatic heterocycles. The maximum Gasteiger partial charge on any atom is 0.158 e. The predicted molar refractivity (Wildman–Crippen MR) is 177 cm³/mol. The average Bonchev–Trinajstić information content (AvgIpc) is 3.80. The molecule has 2 bridgehead atoms. The Bertz CT molecular complexity index is 2230. The van der Waals surface area contributed by atoms with E-state index in [1.54, 1.807) is 23.0 Å². The molecule has 256 valence electrons. The van der Waals surface area contributed by atoms with Crippen LogP contribution < -0.4 is 0 Å². The molecule has 1 saturated carbocycles. The third-order valence-electron chi connectivity index (χ3n) is 9.97. The van der Waals surface area contributed by atoms with Crippen molar-refractivity contribution < 1.29 is 25.6 Å². The van der Waals surface area contributed by atoms with Gasteiger partial charge in [0.15, 0.2) is 17.5 Å². The van der Waals surface area contributed by atoms with Gasteiger partial charge in [0.1, 0.15) is 37.6 Å². The Kier molecular flexibility index (Phi) is 7.81. The van der Waals surface area contributed by atoms with Gasteiger partial charge in [0, 0.05) is 37.0 Å². The monoisotopic (exact) mass is 708 g/mol. The van der Waals surface area contributed by atoms with Crippen molar-refractivity contribution in [2.75, 3.05) is 24.0 Å². The smallest absolute Gasteiger partial charge is 0.158 e. The van der Waals surface area contributed by atoms with Crippen LogP contribution in [-0.2, 0) is 37.9 Å². The Balaban J connectivity index is 1.37. The maximum absolute atomic E-state index is 14.8. The van der Waals surface area contributed by atoms with Gasteiger partial charge in [0.2, 0.25) is 0 Å². The highest BCUT2D eigenvalue weighted by Gasteiger charge is 2.64. The van der Waals surface area contributed by atoms with E-state index < -0.39 is 42.1 Å². The maximum atomic E-state index is 14.8. The van der Waals surface area contributed by atoms with Gasteiger partial charge in [0.25, 0.3) is 0 Å². The highest BCUT2D eigenvalue weighted by Crippen LogP contribution is 2.69. The lowest BCUT2D eigenvalue weighted by molar-refractivity contribution is 0.248. The molecule has 0 saturated heterocycles. The molecule has 1 fully saturated rings. The summed E-state index contributed by atoms with van der Waals surface area (Å²) in [6, 6.07) is 11.0. The summed E-state index contributed by atoms with van der Waals surface area (Å²) in [5.41, 5.74) is 1.86. The number of sulfone groups is 2. The average molecular weight is 709 g/mol. The number of nitrogens with zero attached hydrogens (tertiary/aromatic N) is 8. The quantitative estimate of drug-likeness (QED) is 0.208. The molecular formula is C33H34F2N8O4S2. The molecule has 16 heteroatoms. The molecule has 4 heterocycles. The second-order valence-electron chi connectivity index (χ2n) is 13.5. The minimum Gasteiger partial charge on any atom is -0.229 e. The van der Waals surface area contributed by atoms with Gasteiger partial charge in [-0.15, -0.1) is 10.2 Å². The number of benzene rings is 1. The molecule has 2 aliphatic carbocycles. The van der Waals surface area contributed by atoms with Crippen LogP contribution in [0.25, 0.3) is 22.9 Å². The van der Waals surface area contributed by atoms with E-state index in [0.717, 1.165) is 35.9 Å². The van der Waals surface area contributed by atoms with Gasteiger partial charge in [0.05, 0.1) is 34.2 Å². The summed E-state index contributed by atoms with van der Waals surface area (Å²) in [4.78, 5) is 9.17. The summed E-state index contributed by atoms with van der Waals surface area (Å²) in [5.74, 6) is -0.386. The highest BCUT2D eigenvalue weighted by atomic mass is 32.2. The van der Waals surface area contributed by atoms with Crippen molar-refractivity contribution in [1.29, 1.82) is 0 Å². The standard InChI is InChI=1S/C33H34F2N8O4S2/c1-32(2)23-8-12-33(32,31-22(23)18-26(38-39-31)30-24(34)6-5-7-25(30)35)20-16-28(42-13-9-21(40-42)10-14-48(3,44)45)37-29(17-20)43-19-36-27(41-43)11-15-49(4,46)47/h5-7,9,13,16-19,23H,8,10-12,14-15H2,1-4H3/t23-,33-/m0/s1. The van der Waals surface area contributed by atoms with Gasteiger partial charge in [-0.05, 0) is 71.7 Å². The normalized spacial score (nSPS) is 19.8. The van der Waals surface area contributed by atoms with E-state index in [0.29, 0.717) is 23.2 Å². The van der Waals surface area contributed by atoms with Crippen LogP contribution in [0.3, 0.4) is 0 Å². The van der Waals surface area contributed by atoms with Crippen molar-refractivity contribution in [3.05, 3.63) is 95.0 Å². The summed E-state index contributed by atoms with van der Waals surface area (Å²) in [5, 5.41) is 18.2. The molecule has 2 aliphatic rings. The zero-order chi connectivity index (χ0) is 34.9. The zero-order valence-electron chi connectivity index (χ0n) is 27.3. The van der Waals surface area contributed by atoms with Crippen LogP contribution in [0, 0.1) is 17.0 Å². The number of halogens is 2. The number of rotatable bonds is 10. The molecule has 5 aromatic rings. The molecular weight excluding hydrogens is 675 g/mol. The molecule has 0 aliphatic heterocycles. The van der Waals surface area contributed by atoms with Crippen molar-refractivity contribution in [3.8, 4) is 22.9 Å². The summed E-state index contributed by atoms with van der Waals surface area (Å²) >= 11 is 0. The zero-order valence-corrected chi connectivity index (χ0v) is 28.9. The second-order valence-corrected chi connectivity index (χ2v) is 18.1. The molecule has 2 atom stereocenters. The highest BCUT2D eigenvalue weighted by molar-refractivity contribution is 7.90. The predicted octanol–water partition coefficient (Wildman–Crippen LogP) is 3.96. The molecule has 0 N–H and O–H groups in total. The van der Waals surface area contributed by atoms with E-state index in [2.05, 4.69) is 39.2 Å². The van der Waals surface area contributed by atoms with E-state index in [4.69, 9.17) is 4.98 Å². The number of aryl methyl sites for hydroxylation is 2. The lowest BCUT2D eigenvalue weighted by Crippen LogP contribution is -2.37. The first-order valence-corrected chi connectivity index (χ1v) is 19.8. The lowest BCUT2D eigenvalue weighted by atomic mass is 9.64. The van der Waals surface area contributed by atoms with Crippen molar-refractivity contribution in [1.82, 2.24) is 39.7 Å². The number of hydrogen-bond donors (Lipinski definition) is 0. The first kappa shape index (κ1) is 33.1. The van der Waals surface area contributed by atoms with E-state index in [-0.39, 0.29) is 41.5 Å². The van der Waals surface area contributed by atoms with E-state index in [1.807, 2.05) is 12.1 Å². The Morgan fingerprint density at radius 1 is 0.878 bits per heavy atom. The SMILES string of the molecule is CC1(C)[C@H]2CC[C@]1(c1cc(-n3ccc(CCS(C)(=O)=O)n3)nc(-n3cnc(CCS(C)(=O)=O)n3)c1)c1nnc(-c3c(F)cccc3F)cc12. The van der Waals surface area contributed by atoms with Crippen LogP contribution in [-0.4, -0.2) is 80.6 Å². The first-order chi connectivity index (χ1) is 23.1. The summed E-state index contributed by atoms with van der Waals surface area (Å²) in [6.45, 7) is 4.32. The fourth-order valence-corrected chi connectivity index (χ4v) is 8.66. The third kappa shape index (κ3) is 5.83. The Hall–Kier alpha value is -4.44. The number of hydrogen-bond acceptors (Lipinski definition) is 10. The summed E-state index contributed by atoms with van der Waals surface area (Å²) in [7, 11) is -6.43. The van der Waals surface area contributed by atoms with E-state index >= 15 is 0 Å². The van der Waals surface area contributed by atoms with Gasteiger partial charge in [-0.2, -0.15) is 10.2 Å². The molecule has 0 spiro atoms. The molecule has 0 radical (unpaired) electrons. The molecule has 12 nitrogen and oxygen atoms in total. The van der Waals surface area contributed by atoms with Gasteiger partial charge in [-0.25, -0.2) is 44.9 Å². The van der Waals surface area contributed by atoms with Crippen LogP contribution >= 0.6 is 0 Å². The minimum absolute atomic E-state index is 0.0212. The van der Waals surface area contributed by atoms with Gasteiger partial charge >= 0.3 is 0 Å². The third-order valence-corrected chi connectivity index (χ3v) is 11.9. The molecule has 7 rings (SSSR count). The van der Waals surface area contributed by atoms with E-state index in [1.165, 1.54) is 35.5 Å². The van der Waals surface area contributed by atoms with Crippen LogP contribution in [0.2, 0.25) is 0 Å². The number of pyridine rings is 1. The Morgan fingerprint density at radius 2 is 1.55 bits per heavy atom. The molecule has 0 unspecified atom stereocenters. The van der Waals surface area contributed by atoms with Crippen molar-refractivity contribution >= 4 is 19.7 Å². The molecule has 49 heavy (non-hydrogen) atoms. The van der Waals surface area contributed by atoms with Crippen molar-refractivity contribution in [2.45, 2.75) is 50.9 Å². The first-order valence-electron chi connectivity index (χ1n) is 15.7. The fraction of sp³-hybridized carbons (Fsp3) is 0.394. The largest absolute Gasteiger partial charge is 0.229 e. The van der Waals surface area contributed by atoms with Gasteiger partial charge in [-0.3, -0.25) is 0 Å². The van der Waals surface area contributed by atoms with Crippen molar-refractivity contribution in [3.63, 3.8) is 0 Å². The van der Waals surface area contributed by atoms with Crippen LogP contribution in [0.1, 0.15) is 60.9 Å². The second kappa shape index (κ2) is 11.6.